The third-order valence-electron chi connectivity index (χ3n) is 6.55. The summed E-state index contributed by atoms with van der Waals surface area (Å²) in [7, 11) is 2.70. The van der Waals surface area contributed by atoms with Gasteiger partial charge in [-0.3, -0.25) is 19.3 Å². The van der Waals surface area contributed by atoms with Crippen molar-refractivity contribution in [1.82, 2.24) is 5.32 Å². The third kappa shape index (κ3) is 6.17. The smallest absolute Gasteiger partial charge is 0.340 e. The predicted molar refractivity (Wildman–Crippen MR) is 153 cm³/mol. The van der Waals surface area contributed by atoms with E-state index in [-0.39, 0.29) is 23.5 Å². The maximum absolute atomic E-state index is 13.5. The molecular weight excluding hydrogens is 550 g/mol. The zero-order valence-electron chi connectivity index (χ0n) is 23.1. The molecule has 1 aliphatic heterocycles. The number of allylic oxidation sites excluding steroid dienone is 1. The summed E-state index contributed by atoms with van der Waals surface area (Å²) in [6.07, 6.45) is 1.42. The molecular formula is C30H28ClN3O7. The number of nitrogens with zero attached hydrogens (tertiary/aromatic N) is 1. The second-order valence-electron chi connectivity index (χ2n) is 9.21. The number of benzene rings is 2. The lowest BCUT2D eigenvalue weighted by atomic mass is 10.1. The Morgan fingerprint density at radius 3 is 2.39 bits per heavy atom. The number of nitrogens with one attached hydrogen (secondary N) is 2. The maximum Gasteiger partial charge on any atom is 0.340 e. The summed E-state index contributed by atoms with van der Waals surface area (Å²) in [6.45, 7) is 5.40. The second kappa shape index (κ2) is 12.1. The number of aryl methyl sites for hydroxylation is 2. The number of rotatable bonds is 7. The highest BCUT2D eigenvalue weighted by atomic mass is 35.5. The number of anilines is 2. The predicted octanol–water partition coefficient (Wildman–Crippen LogP) is 4.69. The number of carbonyl (C=O) groups is 4. The Bertz CT molecular complexity index is 1620. The standard InChI is InChI=1S/C30H28ClN3O7/c1-16-6-7-19(12-17(16)2)33-28(36)27(35)32-15-22-10-9-21(41-22)14-23-26(30(38)40-5)18(3)34(29(23)37)20-8-11-25(39-4)24(31)13-20/h6-14H,15H2,1-5H3,(H,32,35)(H,33,36)/b23-14+. The first kappa shape index (κ1) is 29.2. The van der Waals surface area contributed by atoms with Crippen LogP contribution in [-0.2, 0) is 30.5 Å². The Morgan fingerprint density at radius 1 is 0.976 bits per heavy atom. The van der Waals surface area contributed by atoms with Gasteiger partial charge < -0.3 is 24.5 Å². The van der Waals surface area contributed by atoms with E-state index in [0.29, 0.717) is 33.6 Å². The first-order valence-corrected chi connectivity index (χ1v) is 12.9. The number of amides is 3. The van der Waals surface area contributed by atoms with Gasteiger partial charge in [-0.15, -0.1) is 0 Å². The molecule has 1 aromatic heterocycles. The monoisotopic (exact) mass is 577 g/mol. The molecule has 0 aliphatic carbocycles. The molecule has 212 valence electrons. The van der Waals surface area contributed by atoms with Gasteiger partial charge in [0.2, 0.25) is 0 Å². The first-order chi connectivity index (χ1) is 19.5. The van der Waals surface area contributed by atoms with Gasteiger partial charge in [0.25, 0.3) is 5.91 Å². The topological polar surface area (TPSA) is 127 Å². The van der Waals surface area contributed by atoms with Crippen LogP contribution in [0.2, 0.25) is 5.02 Å². The average molecular weight is 578 g/mol. The molecule has 3 amide bonds. The van der Waals surface area contributed by atoms with E-state index in [1.807, 2.05) is 19.9 Å². The van der Waals surface area contributed by atoms with Crippen LogP contribution in [0.5, 0.6) is 5.75 Å². The van der Waals surface area contributed by atoms with E-state index in [9.17, 15) is 19.2 Å². The van der Waals surface area contributed by atoms with Crippen LogP contribution in [0, 0.1) is 13.8 Å². The van der Waals surface area contributed by atoms with E-state index in [1.54, 1.807) is 49.4 Å². The minimum absolute atomic E-state index is 0.0546. The molecule has 2 heterocycles. The largest absolute Gasteiger partial charge is 0.495 e. The fraction of sp³-hybridized carbons (Fsp3) is 0.200. The highest BCUT2D eigenvalue weighted by Gasteiger charge is 2.38. The number of carbonyl (C=O) groups excluding carboxylic acids is 4. The van der Waals surface area contributed by atoms with Crippen LogP contribution >= 0.6 is 11.6 Å². The molecule has 0 fully saturated rings. The molecule has 0 atom stereocenters. The van der Waals surface area contributed by atoms with Crippen molar-refractivity contribution in [2.75, 3.05) is 24.4 Å². The summed E-state index contributed by atoms with van der Waals surface area (Å²) in [6, 6.07) is 13.3. The minimum Gasteiger partial charge on any atom is -0.495 e. The molecule has 2 aromatic carbocycles. The molecule has 1 aliphatic rings. The van der Waals surface area contributed by atoms with E-state index >= 15 is 0 Å². The first-order valence-electron chi connectivity index (χ1n) is 12.5. The van der Waals surface area contributed by atoms with Crippen molar-refractivity contribution in [1.29, 1.82) is 0 Å². The molecule has 10 nitrogen and oxygen atoms in total. The Hall–Kier alpha value is -4.83. The summed E-state index contributed by atoms with van der Waals surface area (Å²) in [5.74, 6) is -1.83. The third-order valence-corrected chi connectivity index (χ3v) is 6.84. The van der Waals surface area contributed by atoms with Gasteiger partial charge in [0, 0.05) is 11.4 Å². The molecule has 0 radical (unpaired) electrons. The van der Waals surface area contributed by atoms with Crippen molar-refractivity contribution in [2.45, 2.75) is 27.3 Å². The normalized spacial score (nSPS) is 14.0. The van der Waals surface area contributed by atoms with Gasteiger partial charge in [-0.05, 0) is 80.4 Å². The summed E-state index contributed by atoms with van der Waals surface area (Å²) in [4.78, 5) is 52.1. The summed E-state index contributed by atoms with van der Waals surface area (Å²) in [5.41, 5.74) is 3.47. The van der Waals surface area contributed by atoms with Gasteiger partial charge in [-0.25, -0.2) is 4.79 Å². The lowest BCUT2D eigenvalue weighted by molar-refractivity contribution is -0.136. The van der Waals surface area contributed by atoms with Gasteiger partial charge in [-0.2, -0.15) is 0 Å². The summed E-state index contributed by atoms with van der Waals surface area (Å²) < 4.78 is 15.9. The highest BCUT2D eigenvalue weighted by molar-refractivity contribution is 6.39. The lowest BCUT2D eigenvalue weighted by Crippen LogP contribution is -2.34. The summed E-state index contributed by atoms with van der Waals surface area (Å²) in [5, 5.41) is 5.35. The van der Waals surface area contributed by atoms with Gasteiger partial charge >= 0.3 is 17.8 Å². The van der Waals surface area contributed by atoms with Crippen molar-refractivity contribution < 1.29 is 33.1 Å². The minimum atomic E-state index is -0.842. The van der Waals surface area contributed by atoms with Crippen LogP contribution in [0.25, 0.3) is 6.08 Å². The Balaban J connectivity index is 1.50. The van der Waals surface area contributed by atoms with Crippen LogP contribution in [0.15, 0.2) is 69.8 Å². The van der Waals surface area contributed by atoms with E-state index < -0.39 is 23.7 Å². The van der Waals surface area contributed by atoms with Gasteiger partial charge in [0.15, 0.2) is 0 Å². The molecule has 0 saturated heterocycles. The number of esters is 1. The molecule has 41 heavy (non-hydrogen) atoms. The van der Waals surface area contributed by atoms with E-state index in [2.05, 4.69) is 10.6 Å². The zero-order valence-corrected chi connectivity index (χ0v) is 23.8. The van der Waals surface area contributed by atoms with Crippen LogP contribution in [0.4, 0.5) is 11.4 Å². The number of ether oxygens (including phenoxy) is 2. The molecule has 11 heteroatoms. The molecule has 2 N–H and O–H groups in total. The van der Waals surface area contributed by atoms with Gasteiger partial charge in [-0.1, -0.05) is 17.7 Å². The average Bonchev–Trinajstić information content (AvgIpc) is 3.50. The fourth-order valence-electron chi connectivity index (χ4n) is 4.25. The van der Waals surface area contributed by atoms with E-state index in [4.69, 9.17) is 25.5 Å². The Morgan fingerprint density at radius 2 is 1.73 bits per heavy atom. The van der Waals surface area contributed by atoms with Crippen molar-refractivity contribution in [3.8, 4) is 5.75 Å². The number of halogens is 1. The van der Waals surface area contributed by atoms with Gasteiger partial charge in [0.1, 0.15) is 17.3 Å². The molecule has 0 bridgehead atoms. The van der Waals surface area contributed by atoms with Crippen molar-refractivity contribution in [3.05, 3.63) is 93.0 Å². The lowest BCUT2D eigenvalue weighted by Gasteiger charge is -2.18. The van der Waals surface area contributed by atoms with Crippen LogP contribution in [-0.4, -0.2) is 37.9 Å². The molecule has 3 aromatic rings. The Labute approximate surface area is 241 Å². The quantitative estimate of drug-likeness (QED) is 0.237. The number of hydrogen-bond donors (Lipinski definition) is 2. The van der Waals surface area contributed by atoms with E-state index in [0.717, 1.165) is 11.1 Å². The van der Waals surface area contributed by atoms with Crippen molar-refractivity contribution in [2.24, 2.45) is 0 Å². The second-order valence-corrected chi connectivity index (χ2v) is 9.62. The number of furan rings is 1. The molecule has 0 unspecified atom stereocenters. The van der Waals surface area contributed by atoms with E-state index in [1.165, 1.54) is 25.2 Å². The summed E-state index contributed by atoms with van der Waals surface area (Å²) >= 11 is 6.27. The fourth-order valence-corrected chi connectivity index (χ4v) is 4.50. The number of hydrogen-bond acceptors (Lipinski definition) is 7. The SMILES string of the molecule is COC(=O)C1=C(C)N(c2ccc(OC)c(Cl)c2)C(=O)/C1=C/c1ccc(CNC(=O)C(=O)Nc2ccc(C)c(C)c2)o1. The maximum atomic E-state index is 13.5. The van der Waals surface area contributed by atoms with Gasteiger partial charge in [0.05, 0.1) is 42.6 Å². The Kier molecular flexibility index (Phi) is 8.63. The number of methoxy groups -OCH3 is 2. The van der Waals surface area contributed by atoms with Crippen molar-refractivity contribution in [3.63, 3.8) is 0 Å². The van der Waals surface area contributed by atoms with Crippen LogP contribution < -0.4 is 20.3 Å². The molecule has 0 saturated carbocycles. The molecule has 0 spiro atoms. The van der Waals surface area contributed by atoms with Crippen molar-refractivity contribution >= 4 is 52.7 Å². The highest BCUT2D eigenvalue weighted by Crippen LogP contribution is 2.38. The van der Waals surface area contributed by atoms with Crippen LogP contribution in [0.1, 0.15) is 29.6 Å². The zero-order chi connectivity index (χ0) is 29.8. The van der Waals surface area contributed by atoms with Crippen LogP contribution in [0.3, 0.4) is 0 Å². The molecule has 4 rings (SSSR count).